The van der Waals surface area contributed by atoms with Gasteiger partial charge in [0, 0.05) is 44.5 Å². The maximum atomic E-state index is 13.5. The Balaban J connectivity index is 1.58. The summed E-state index contributed by atoms with van der Waals surface area (Å²) in [5, 5.41) is 7.71. The van der Waals surface area contributed by atoms with Crippen molar-refractivity contribution < 1.29 is 4.79 Å². The van der Waals surface area contributed by atoms with E-state index < -0.39 is 0 Å². The third-order valence-electron chi connectivity index (χ3n) is 5.68. The molecular formula is C20H26N4O. The van der Waals surface area contributed by atoms with Gasteiger partial charge >= 0.3 is 0 Å². The van der Waals surface area contributed by atoms with E-state index in [-0.39, 0.29) is 17.7 Å². The molecule has 2 atom stereocenters. The summed E-state index contributed by atoms with van der Waals surface area (Å²) in [5.74, 6) is 1.07. The van der Waals surface area contributed by atoms with E-state index in [0.717, 1.165) is 30.9 Å². The van der Waals surface area contributed by atoms with Crippen LogP contribution in [0.25, 0.3) is 0 Å². The molecule has 0 bridgehead atoms. The molecular weight excluding hydrogens is 312 g/mol. The van der Waals surface area contributed by atoms with Crippen LogP contribution in [-0.4, -0.2) is 35.3 Å². The summed E-state index contributed by atoms with van der Waals surface area (Å²) in [5.41, 5.74) is 2.18. The van der Waals surface area contributed by atoms with Gasteiger partial charge in [0.25, 0.3) is 0 Å². The highest BCUT2D eigenvalue weighted by atomic mass is 16.2. The van der Waals surface area contributed by atoms with Crippen molar-refractivity contribution in [3.63, 3.8) is 0 Å². The summed E-state index contributed by atoms with van der Waals surface area (Å²) in [6.45, 7) is 2.43. The van der Waals surface area contributed by atoms with Gasteiger partial charge in [-0.05, 0) is 36.5 Å². The highest BCUT2D eigenvalue weighted by molar-refractivity contribution is 5.96. The fraction of sp³-hybridized carbons (Fsp3) is 0.500. The summed E-state index contributed by atoms with van der Waals surface area (Å²) < 4.78 is 1.82. The number of carbonyl (C=O) groups is 1. The van der Waals surface area contributed by atoms with Crippen LogP contribution in [0.1, 0.15) is 30.7 Å². The van der Waals surface area contributed by atoms with E-state index in [1.54, 1.807) is 0 Å². The number of nitrogens with one attached hydrogen (secondary N) is 1. The highest BCUT2D eigenvalue weighted by Gasteiger charge is 2.38. The SMILES string of the molecule is Cn1cc([C@H]2CNC[C@@H]2C(=O)N(CC2CCC2)c2ccccc2)cn1. The first-order valence-corrected chi connectivity index (χ1v) is 9.28. The molecule has 0 spiro atoms. The number of hydrogen-bond acceptors (Lipinski definition) is 3. The summed E-state index contributed by atoms with van der Waals surface area (Å²) in [4.78, 5) is 15.5. The van der Waals surface area contributed by atoms with Gasteiger partial charge in [-0.15, -0.1) is 0 Å². The number of carbonyl (C=O) groups excluding carboxylic acids is 1. The molecule has 1 amide bonds. The van der Waals surface area contributed by atoms with Crippen LogP contribution in [-0.2, 0) is 11.8 Å². The van der Waals surface area contributed by atoms with E-state index in [9.17, 15) is 4.79 Å². The maximum Gasteiger partial charge on any atom is 0.232 e. The largest absolute Gasteiger partial charge is 0.315 e. The monoisotopic (exact) mass is 338 g/mol. The van der Waals surface area contributed by atoms with Gasteiger partial charge in [-0.3, -0.25) is 9.48 Å². The molecule has 1 aromatic heterocycles. The van der Waals surface area contributed by atoms with Crippen LogP contribution in [0.15, 0.2) is 42.7 Å². The van der Waals surface area contributed by atoms with Crippen LogP contribution in [0.2, 0.25) is 0 Å². The van der Waals surface area contributed by atoms with Crippen molar-refractivity contribution in [3.8, 4) is 0 Å². The zero-order valence-corrected chi connectivity index (χ0v) is 14.8. The highest BCUT2D eigenvalue weighted by Crippen LogP contribution is 2.33. The molecule has 2 aromatic rings. The van der Waals surface area contributed by atoms with E-state index in [2.05, 4.69) is 22.5 Å². The zero-order valence-electron chi connectivity index (χ0n) is 14.8. The molecule has 1 aliphatic carbocycles. The van der Waals surface area contributed by atoms with E-state index in [1.807, 2.05) is 47.2 Å². The lowest BCUT2D eigenvalue weighted by molar-refractivity contribution is -0.122. The van der Waals surface area contributed by atoms with Crippen molar-refractivity contribution in [1.82, 2.24) is 15.1 Å². The summed E-state index contributed by atoms with van der Waals surface area (Å²) >= 11 is 0. The van der Waals surface area contributed by atoms with E-state index in [0.29, 0.717) is 5.92 Å². The molecule has 1 saturated heterocycles. The molecule has 1 N–H and O–H groups in total. The number of anilines is 1. The molecule has 2 fully saturated rings. The van der Waals surface area contributed by atoms with Crippen LogP contribution in [0.3, 0.4) is 0 Å². The van der Waals surface area contributed by atoms with Gasteiger partial charge in [0.15, 0.2) is 0 Å². The fourth-order valence-corrected chi connectivity index (χ4v) is 3.98. The molecule has 1 aromatic carbocycles. The van der Waals surface area contributed by atoms with Crippen LogP contribution < -0.4 is 10.2 Å². The van der Waals surface area contributed by atoms with E-state index >= 15 is 0 Å². The third kappa shape index (κ3) is 3.33. The fourth-order valence-electron chi connectivity index (χ4n) is 3.98. The molecule has 5 heteroatoms. The molecule has 2 aliphatic rings. The van der Waals surface area contributed by atoms with Crippen molar-refractivity contribution in [2.24, 2.45) is 18.9 Å². The Labute approximate surface area is 149 Å². The minimum absolute atomic E-state index is 0.0236. The minimum atomic E-state index is -0.0236. The molecule has 5 nitrogen and oxygen atoms in total. The average Bonchev–Trinajstić information content (AvgIpc) is 3.23. The third-order valence-corrected chi connectivity index (χ3v) is 5.68. The normalized spacial score (nSPS) is 23.4. The Morgan fingerprint density at radius 3 is 2.72 bits per heavy atom. The number of nitrogens with zero attached hydrogens (tertiary/aromatic N) is 3. The second-order valence-electron chi connectivity index (χ2n) is 7.40. The molecule has 2 heterocycles. The number of amides is 1. The van der Waals surface area contributed by atoms with Crippen molar-refractivity contribution in [3.05, 3.63) is 48.3 Å². The molecule has 1 aliphatic heterocycles. The van der Waals surface area contributed by atoms with Gasteiger partial charge in [-0.25, -0.2) is 0 Å². The number of benzene rings is 1. The molecule has 0 radical (unpaired) electrons. The number of rotatable bonds is 5. The lowest BCUT2D eigenvalue weighted by Gasteiger charge is -2.34. The Kier molecular flexibility index (Phi) is 4.57. The molecule has 132 valence electrons. The first-order chi connectivity index (χ1) is 12.2. The molecule has 4 rings (SSSR count). The van der Waals surface area contributed by atoms with Crippen molar-refractivity contribution in [2.45, 2.75) is 25.2 Å². The number of hydrogen-bond donors (Lipinski definition) is 1. The summed E-state index contributed by atoms with van der Waals surface area (Å²) in [6, 6.07) is 10.1. The number of para-hydroxylation sites is 1. The second kappa shape index (κ2) is 7.00. The predicted octanol–water partition coefficient (Wildman–Crippen LogP) is 2.56. The second-order valence-corrected chi connectivity index (χ2v) is 7.40. The zero-order chi connectivity index (χ0) is 17.2. The molecule has 25 heavy (non-hydrogen) atoms. The van der Waals surface area contributed by atoms with Crippen LogP contribution >= 0.6 is 0 Å². The van der Waals surface area contributed by atoms with Gasteiger partial charge in [-0.2, -0.15) is 5.10 Å². The van der Waals surface area contributed by atoms with Gasteiger partial charge in [-0.1, -0.05) is 24.6 Å². The van der Waals surface area contributed by atoms with Crippen molar-refractivity contribution in [2.75, 3.05) is 24.5 Å². The topological polar surface area (TPSA) is 50.2 Å². The lowest BCUT2D eigenvalue weighted by atomic mass is 9.84. The van der Waals surface area contributed by atoms with Gasteiger partial charge < -0.3 is 10.2 Å². The Bertz CT molecular complexity index is 722. The minimum Gasteiger partial charge on any atom is -0.315 e. The predicted molar refractivity (Wildman–Crippen MR) is 98.4 cm³/mol. The Morgan fingerprint density at radius 2 is 2.08 bits per heavy atom. The first-order valence-electron chi connectivity index (χ1n) is 9.28. The van der Waals surface area contributed by atoms with Gasteiger partial charge in [0.05, 0.1) is 12.1 Å². The number of aromatic nitrogens is 2. The van der Waals surface area contributed by atoms with Crippen LogP contribution in [0, 0.1) is 11.8 Å². The summed E-state index contributed by atoms with van der Waals surface area (Å²) in [7, 11) is 1.93. The van der Waals surface area contributed by atoms with Gasteiger partial charge in [0.2, 0.25) is 5.91 Å². The summed E-state index contributed by atoms with van der Waals surface area (Å²) in [6.07, 6.45) is 7.72. The molecule has 1 saturated carbocycles. The average molecular weight is 338 g/mol. The Hall–Kier alpha value is -2.14. The van der Waals surface area contributed by atoms with E-state index in [4.69, 9.17) is 0 Å². The number of aryl methyl sites for hydroxylation is 1. The van der Waals surface area contributed by atoms with Crippen LogP contribution in [0.5, 0.6) is 0 Å². The Morgan fingerprint density at radius 1 is 1.28 bits per heavy atom. The van der Waals surface area contributed by atoms with E-state index in [1.165, 1.54) is 19.3 Å². The van der Waals surface area contributed by atoms with Crippen molar-refractivity contribution >= 4 is 11.6 Å². The van der Waals surface area contributed by atoms with Crippen LogP contribution in [0.4, 0.5) is 5.69 Å². The lowest BCUT2D eigenvalue weighted by Crippen LogP contribution is -2.42. The quantitative estimate of drug-likeness (QED) is 0.911. The van der Waals surface area contributed by atoms with Gasteiger partial charge in [0.1, 0.15) is 0 Å². The first kappa shape index (κ1) is 16.3. The maximum absolute atomic E-state index is 13.5. The van der Waals surface area contributed by atoms with Crippen molar-refractivity contribution in [1.29, 1.82) is 0 Å². The molecule has 0 unspecified atom stereocenters. The standard InChI is InChI=1S/C20H26N4O/c1-23-14-16(10-22-23)18-11-21-12-19(18)20(25)24(13-15-6-5-7-15)17-8-3-2-4-9-17/h2-4,8-10,14-15,18-19,21H,5-7,11-13H2,1H3/t18-,19+/m1/s1. The smallest absolute Gasteiger partial charge is 0.232 e.